The van der Waals surface area contributed by atoms with Gasteiger partial charge in [-0.15, -0.1) is 24.0 Å². The molecule has 0 bridgehead atoms. The fourth-order valence-corrected chi connectivity index (χ4v) is 2.74. The maximum atomic E-state index is 12.9. The molecule has 3 rings (SSSR count). The molecule has 5 nitrogen and oxygen atoms in total. The van der Waals surface area contributed by atoms with Crippen LogP contribution >= 0.6 is 24.0 Å². The summed E-state index contributed by atoms with van der Waals surface area (Å²) in [5.74, 6) is 1.36. The second-order valence-electron chi connectivity index (χ2n) is 5.87. The van der Waals surface area contributed by atoms with Crippen molar-refractivity contribution in [3.05, 3.63) is 54.1 Å². The molecule has 0 amide bonds. The number of pyridine rings is 1. The summed E-state index contributed by atoms with van der Waals surface area (Å²) in [6, 6.07) is 9.87. The summed E-state index contributed by atoms with van der Waals surface area (Å²) < 4.78 is 18.6. The van der Waals surface area contributed by atoms with Crippen molar-refractivity contribution in [2.24, 2.45) is 10.7 Å². The Bertz CT molecular complexity index is 702. The van der Waals surface area contributed by atoms with Crippen molar-refractivity contribution in [3.8, 4) is 11.5 Å². The average Bonchev–Trinajstić information content (AvgIpc) is 3.08. The fraction of sp³-hybridized carbons (Fsp3) is 0.333. The summed E-state index contributed by atoms with van der Waals surface area (Å²) in [6.07, 6.45) is 6.44. The predicted molar refractivity (Wildman–Crippen MR) is 107 cm³/mol. The first-order valence-corrected chi connectivity index (χ1v) is 8.14. The highest BCUT2D eigenvalue weighted by molar-refractivity contribution is 14.0. The molecule has 0 saturated heterocycles. The molecule has 1 saturated carbocycles. The number of aliphatic imine (C=N–C) groups is 1. The molecule has 0 radical (unpaired) electrons. The summed E-state index contributed by atoms with van der Waals surface area (Å²) in [4.78, 5) is 8.60. The highest BCUT2D eigenvalue weighted by Gasteiger charge is 2.14. The van der Waals surface area contributed by atoms with E-state index in [4.69, 9.17) is 10.5 Å². The third-order valence-corrected chi connectivity index (χ3v) is 3.96. The number of nitrogens with zero attached hydrogens (tertiary/aromatic N) is 2. The molecule has 7 heteroatoms. The van der Waals surface area contributed by atoms with Gasteiger partial charge in [0.1, 0.15) is 17.3 Å². The first kappa shape index (κ1) is 19.4. The molecule has 2 aromatic rings. The lowest BCUT2D eigenvalue weighted by atomic mass is 10.2. The number of rotatable bonds is 5. The zero-order chi connectivity index (χ0) is 16.8. The fourth-order valence-electron chi connectivity index (χ4n) is 2.74. The topological polar surface area (TPSA) is 72.5 Å². The Morgan fingerprint density at radius 1 is 1.20 bits per heavy atom. The SMILES string of the molecule is I.NC(=NCc1cc(Oc2ccc(F)cc2)ccn1)NC1CCCC1. The summed E-state index contributed by atoms with van der Waals surface area (Å²) in [6.45, 7) is 0.381. The Balaban J connectivity index is 0.00000225. The molecule has 0 unspecified atom stereocenters. The van der Waals surface area contributed by atoms with Crippen molar-refractivity contribution in [1.29, 1.82) is 0 Å². The largest absolute Gasteiger partial charge is 0.457 e. The minimum Gasteiger partial charge on any atom is -0.457 e. The zero-order valence-electron chi connectivity index (χ0n) is 13.8. The van der Waals surface area contributed by atoms with Crippen LogP contribution in [-0.2, 0) is 6.54 Å². The van der Waals surface area contributed by atoms with Crippen molar-refractivity contribution >= 4 is 29.9 Å². The van der Waals surface area contributed by atoms with E-state index in [1.807, 2.05) is 0 Å². The van der Waals surface area contributed by atoms with E-state index in [9.17, 15) is 4.39 Å². The van der Waals surface area contributed by atoms with E-state index in [2.05, 4.69) is 15.3 Å². The number of benzene rings is 1. The summed E-state index contributed by atoms with van der Waals surface area (Å²) >= 11 is 0. The minimum atomic E-state index is -0.294. The Kier molecular flexibility index (Phi) is 7.42. The van der Waals surface area contributed by atoms with Crippen molar-refractivity contribution in [1.82, 2.24) is 10.3 Å². The van der Waals surface area contributed by atoms with Gasteiger partial charge in [0, 0.05) is 18.3 Å². The molecule has 1 aliphatic rings. The van der Waals surface area contributed by atoms with Gasteiger partial charge in [0.15, 0.2) is 5.96 Å². The van der Waals surface area contributed by atoms with Gasteiger partial charge in [-0.25, -0.2) is 9.38 Å². The molecule has 25 heavy (non-hydrogen) atoms. The van der Waals surface area contributed by atoms with Gasteiger partial charge in [-0.05, 0) is 43.2 Å². The van der Waals surface area contributed by atoms with Gasteiger partial charge in [-0.3, -0.25) is 4.98 Å². The summed E-state index contributed by atoms with van der Waals surface area (Å²) in [5.41, 5.74) is 6.68. The smallest absolute Gasteiger partial charge is 0.189 e. The maximum Gasteiger partial charge on any atom is 0.189 e. The Morgan fingerprint density at radius 2 is 1.92 bits per heavy atom. The van der Waals surface area contributed by atoms with Crippen molar-refractivity contribution < 1.29 is 9.13 Å². The number of aromatic nitrogens is 1. The molecule has 1 aromatic heterocycles. The van der Waals surface area contributed by atoms with Gasteiger partial charge in [-0.1, -0.05) is 12.8 Å². The number of nitrogens with one attached hydrogen (secondary N) is 1. The normalized spacial score (nSPS) is 14.8. The van der Waals surface area contributed by atoms with Gasteiger partial charge in [0.2, 0.25) is 0 Å². The van der Waals surface area contributed by atoms with Crippen molar-refractivity contribution in [2.75, 3.05) is 0 Å². The van der Waals surface area contributed by atoms with E-state index in [1.165, 1.54) is 25.0 Å². The number of hydrogen-bond acceptors (Lipinski definition) is 3. The van der Waals surface area contributed by atoms with Gasteiger partial charge in [0.05, 0.1) is 12.2 Å². The van der Waals surface area contributed by atoms with E-state index in [0.29, 0.717) is 30.0 Å². The van der Waals surface area contributed by atoms with Crippen LogP contribution in [0.5, 0.6) is 11.5 Å². The molecule has 1 fully saturated rings. The molecule has 1 heterocycles. The van der Waals surface area contributed by atoms with E-state index >= 15 is 0 Å². The van der Waals surface area contributed by atoms with Crippen LogP contribution in [0.1, 0.15) is 31.4 Å². The highest BCUT2D eigenvalue weighted by Crippen LogP contribution is 2.22. The summed E-state index contributed by atoms with van der Waals surface area (Å²) in [5, 5.41) is 3.24. The lowest BCUT2D eigenvalue weighted by Crippen LogP contribution is -2.38. The standard InChI is InChI=1S/C18H21FN4O.HI/c19-13-5-7-16(8-6-13)24-17-9-10-21-15(11-17)12-22-18(20)23-14-3-1-2-4-14;/h5-11,14H,1-4,12H2,(H3,20,22,23);1H. The van der Waals surface area contributed by atoms with Gasteiger partial charge in [-0.2, -0.15) is 0 Å². The highest BCUT2D eigenvalue weighted by atomic mass is 127. The molecule has 0 spiro atoms. The van der Waals surface area contributed by atoms with Crippen LogP contribution in [0.4, 0.5) is 4.39 Å². The van der Waals surface area contributed by atoms with Crippen LogP contribution in [0.25, 0.3) is 0 Å². The molecular weight excluding hydrogens is 434 g/mol. The van der Waals surface area contributed by atoms with E-state index in [1.54, 1.807) is 30.5 Å². The van der Waals surface area contributed by atoms with Crippen LogP contribution in [-0.4, -0.2) is 17.0 Å². The monoisotopic (exact) mass is 456 g/mol. The van der Waals surface area contributed by atoms with E-state index in [-0.39, 0.29) is 29.8 Å². The zero-order valence-corrected chi connectivity index (χ0v) is 16.2. The number of nitrogens with two attached hydrogens (primary N) is 1. The molecule has 1 aromatic carbocycles. The van der Waals surface area contributed by atoms with Crippen LogP contribution in [0.2, 0.25) is 0 Å². The summed E-state index contributed by atoms with van der Waals surface area (Å²) in [7, 11) is 0. The second kappa shape index (κ2) is 9.55. The molecule has 0 atom stereocenters. The van der Waals surface area contributed by atoms with Gasteiger partial charge >= 0.3 is 0 Å². The second-order valence-corrected chi connectivity index (χ2v) is 5.87. The number of hydrogen-bond donors (Lipinski definition) is 2. The third kappa shape index (κ3) is 6.15. The molecular formula is C18H22FIN4O. The lowest BCUT2D eigenvalue weighted by Gasteiger charge is -2.12. The maximum absolute atomic E-state index is 12.9. The molecule has 3 N–H and O–H groups in total. The third-order valence-electron chi connectivity index (χ3n) is 3.96. The molecule has 0 aliphatic heterocycles. The van der Waals surface area contributed by atoms with Crippen molar-refractivity contribution in [2.45, 2.75) is 38.3 Å². The van der Waals surface area contributed by atoms with Crippen LogP contribution in [0, 0.1) is 5.82 Å². The minimum absolute atomic E-state index is 0. The molecule has 134 valence electrons. The van der Waals surface area contributed by atoms with Gasteiger partial charge in [0.25, 0.3) is 0 Å². The first-order chi connectivity index (χ1) is 11.7. The van der Waals surface area contributed by atoms with Crippen LogP contribution in [0.3, 0.4) is 0 Å². The van der Waals surface area contributed by atoms with Crippen molar-refractivity contribution in [3.63, 3.8) is 0 Å². The van der Waals surface area contributed by atoms with Crippen LogP contribution in [0.15, 0.2) is 47.6 Å². The van der Waals surface area contributed by atoms with Gasteiger partial charge < -0.3 is 15.8 Å². The Morgan fingerprint density at radius 3 is 2.64 bits per heavy atom. The molecule has 1 aliphatic carbocycles. The quantitative estimate of drug-likeness (QED) is 0.406. The number of halogens is 2. The Hall–Kier alpha value is -1.90. The van der Waals surface area contributed by atoms with E-state index in [0.717, 1.165) is 18.5 Å². The Labute approximate surface area is 163 Å². The average molecular weight is 456 g/mol. The van der Waals surface area contributed by atoms with Crippen LogP contribution < -0.4 is 15.8 Å². The van der Waals surface area contributed by atoms with E-state index < -0.39 is 0 Å². The first-order valence-electron chi connectivity index (χ1n) is 8.14. The number of guanidine groups is 1. The lowest BCUT2D eigenvalue weighted by molar-refractivity contribution is 0.479. The number of ether oxygens (including phenoxy) is 1. The predicted octanol–water partition coefficient (Wildman–Crippen LogP) is 3.98.